The number of fused-ring (bicyclic) bond motifs is 1. The molecule has 138 valence electrons. The van der Waals surface area contributed by atoms with Crippen molar-refractivity contribution in [2.75, 3.05) is 0 Å². The van der Waals surface area contributed by atoms with Crippen molar-refractivity contribution < 1.29 is 0 Å². The Balaban J connectivity index is 2.54. The summed E-state index contributed by atoms with van der Waals surface area (Å²) in [7, 11) is 0. The molecule has 2 rings (SSSR count). The fourth-order valence-electron chi connectivity index (χ4n) is 3.76. The third-order valence-electron chi connectivity index (χ3n) is 5.16. The molecule has 0 saturated heterocycles. The molecule has 0 saturated carbocycles. The first-order chi connectivity index (χ1) is 12.2. The normalized spacial score (nSPS) is 11.8. The molecule has 2 heterocycles. The van der Waals surface area contributed by atoms with E-state index in [-0.39, 0.29) is 0 Å². The monoisotopic (exact) mass is 469 g/mol. The van der Waals surface area contributed by atoms with Crippen molar-refractivity contribution in [3.63, 3.8) is 0 Å². The van der Waals surface area contributed by atoms with E-state index in [1.165, 1.54) is 62.4 Å². The van der Waals surface area contributed by atoms with E-state index in [1.54, 1.807) is 2.89 Å². The van der Waals surface area contributed by atoms with E-state index in [2.05, 4.69) is 40.2 Å². The summed E-state index contributed by atoms with van der Waals surface area (Å²) >= 11 is -0.563. The molecule has 0 amide bonds. The van der Waals surface area contributed by atoms with Crippen LogP contribution >= 0.6 is 11.3 Å². The Morgan fingerprint density at radius 3 is 2.24 bits per heavy atom. The van der Waals surface area contributed by atoms with E-state index >= 15 is 0 Å². The molecule has 0 aliphatic rings. The topological polar surface area (TPSA) is 66.1 Å². The number of hydrogen-bond acceptors (Lipinski definition) is 3. The third-order valence-corrected chi connectivity index (χ3v) is 24.7. The Kier molecular flexibility index (Phi) is 8.59. The van der Waals surface area contributed by atoms with Gasteiger partial charge in [-0.25, -0.2) is 0 Å². The molecular weight excluding hydrogens is 437 g/mol. The second-order valence-corrected chi connectivity index (χ2v) is 22.0. The average molecular weight is 468 g/mol. The van der Waals surface area contributed by atoms with Crippen molar-refractivity contribution in [2.24, 2.45) is 5.11 Å². The zero-order valence-corrected chi connectivity index (χ0v) is 19.5. The van der Waals surface area contributed by atoms with Gasteiger partial charge in [-0.15, -0.1) is 0 Å². The van der Waals surface area contributed by atoms with Crippen LogP contribution < -0.4 is 2.89 Å². The van der Waals surface area contributed by atoms with Gasteiger partial charge >= 0.3 is 160 Å². The summed E-state index contributed by atoms with van der Waals surface area (Å²) in [6.07, 6.45) is 11.7. The summed E-state index contributed by atoms with van der Waals surface area (Å²) in [4.78, 5) is 8.54. The molecule has 0 aromatic carbocycles. The van der Waals surface area contributed by atoms with Crippen molar-refractivity contribution in [1.82, 2.24) is 9.38 Å². The first kappa shape index (κ1) is 20.6. The van der Waals surface area contributed by atoms with Crippen molar-refractivity contribution in [1.29, 1.82) is 0 Å². The first-order valence-corrected chi connectivity index (χ1v) is 18.0. The van der Waals surface area contributed by atoms with Gasteiger partial charge in [0.25, 0.3) is 0 Å². The van der Waals surface area contributed by atoms with Crippen LogP contribution in [0.15, 0.2) is 17.6 Å². The summed E-state index contributed by atoms with van der Waals surface area (Å²) in [5, 5.41) is 3.93. The second-order valence-electron chi connectivity index (χ2n) is 6.96. The Morgan fingerprint density at radius 1 is 1.12 bits per heavy atom. The van der Waals surface area contributed by atoms with Gasteiger partial charge in [-0.3, -0.25) is 0 Å². The van der Waals surface area contributed by atoms with Gasteiger partial charge in [0, 0.05) is 0 Å². The molecule has 5 nitrogen and oxygen atoms in total. The molecule has 0 aliphatic carbocycles. The Bertz CT molecular complexity index is 680. The molecule has 0 spiro atoms. The van der Waals surface area contributed by atoms with Gasteiger partial charge in [0.2, 0.25) is 0 Å². The predicted molar refractivity (Wildman–Crippen MR) is 110 cm³/mol. The third kappa shape index (κ3) is 4.92. The van der Waals surface area contributed by atoms with Crippen LogP contribution in [-0.2, 0) is 6.54 Å². The molecule has 0 fully saturated rings. The van der Waals surface area contributed by atoms with Crippen LogP contribution in [0.4, 0.5) is 0 Å². The molecule has 25 heavy (non-hydrogen) atoms. The SMILES string of the molecule is CCC[CH2][Sn]([CH2]CCC)([CH2]CCC)[c]1sc2cncn2c1CN=[N+]=[N-]. The molecule has 0 atom stereocenters. The average Bonchev–Trinajstić information content (AvgIpc) is 3.21. The van der Waals surface area contributed by atoms with Gasteiger partial charge in [-0.1, -0.05) is 0 Å². The van der Waals surface area contributed by atoms with Crippen molar-refractivity contribution in [3.8, 4) is 0 Å². The minimum atomic E-state index is -2.51. The van der Waals surface area contributed by atoms with Crippen LogP contribution in [0.2, 0.25) is 13.3 Å². The van der Waals surface area contributed by atoms with Crippen molar-refractivity contribution >= 4 is 37.4 Å². The van der Waals surface area contributed by atoms with Crippen LogP contribution in [0, 0.1) is 0 Å². The Hall–Kier alpha value is -0.721. The van der Waals surface area contributed by atoms with Gasteiger partial charge < -0.3 is 0 Å². The van der Waals surface area contributed by atoms with Crippen LogP contribution in [0.3, 0.4) is 0 Å². The van der Waals surface area contributed by atoms with Crippen LogP contribution in [-0.4, -0.2) is 27.8 Å². The molecule has 0 aliphatic heterocycles. The number of azide groups is 1. The van der Waals surface area contributed by atoms with Crippen molar-refractivity contribution in [3.05, 3.63) is 28.7 Å². The number of aromatic nitrogens is 2. The Morgan fingerprint density at radius 2 is 1.72 bits per heavy atom. The molecule has 2 aromatic heterocycles. The van der Waals surface area contributed by atoms with Crippen LogP contribution in [0.25, 0.3) is 15.3 Å². The molecular formula is C18H31N5SSn. The van der Waals surface area contributed by atoms with Crippen LogP contribution in [0.5, 0.6) is 0 Å². The van der Waals surface area contributed by atoms with Crippen LogP contribution in [0.1, 0.15) is 65.0 Å². The number of rotatable bonds is 12. The summed E-state index contributed by atoms with van der Waals surface area (Å²) < 4.78 is 8.14. The number of thiazole rings is 1. The zero-order chi connectivity index (χ0) is 18.1. The fraction of sp³-hybridized carbons (Fsp3) is 0.722. The summed E-state index contributed by atoms with van der Waals surface area (Å²) in [5.41, 5.74) is 10.1. The Labute approximate surface area is 159 Å². The van der Waals surface area contributed by atoms with Gasteiger partial charge in [0.1, 0.15) is 0 Å². The number of hydrogen-bond donors (Lipinski definition) is 0. The van der Waals surface area contributed by atoms with E-state index in [0.29, 0.717) is 6.54 Å². The number of unbranched alkanes of at least 4 members (excludes halogenated alkanes) is 3. The molecule has 7 heteroatoms. The van der Waals surface area contributed by atoms with E-state index in [4.69, 9.17) is 5.53 Å². The van der Waals surface area contributed by atoms with E-state index in [0.717, 1.165) is 0 Å². The summed E-state index contributed by atoms with van der Waals surface area (Å²) in [5.74, 6) is 0. The van der Waals surface area contributed by atoms with Crippen molar-refractivity contribution in [2.45, 2.75) is 79.2 Å². The first-order valence-electron chi connectivity index (χ1n) is 9.67. The predicted octanol–water partition coefficient (Wildman–Crippen LogP) is 6.26. The minimum absolute atomic E-state index is 0.464. The second kappa shape index (κ2) is 10.4. The zero-order valence-electron chi connectivity index (χ0n) is 15.9. The standard InChI is InChI=1S/C6H4N5S.3C4H9.Sn/c7-10-9-1-5-3-12-6-2-8-4-11(5)6;3*1-3-4-2;/h2,4H,1H2;3*1,3-4H2,2H3;. The summed E-state index contributed by atoms with van der Waals surface area (Å²) in [6, 6.07) is 0. The van der Waals surface area contributed by atoms with E-state index in [1.807, 2.05) is 23.9 Å². The number of imidazole rings is 1. The van der Waals surface area contributed by atoms with Gasteiger partial charge in [0.05, 0.1) is 0 Å². The maximum atomic E-state index is 8.86. The van der Waals surface area contributed by atoms with E-state index in [9.17, 15) is 0 Å². The molecule has 0 unspecified atom stereocenters. The van der Waals surface area contributed by atoms with Gasteiger partial charge in [-0.2, -0.15) is 0 Å². The molecule has 0 bridgehead atoms. The molecule has 2 aromatic rings. The van der Waals surface area contributed by atoms with E-state index < -0.39 is 18.4 Å². The quantitative estimate of drug-likeness (QED) is 0.157. The van der Waals surface area contributed by atoms with Gasteiger partial charge in [-0.05, 0) is 0 Å². The molecule has 0 N–H and O–H groups in total. The maximum absolute atomic E-state index is 8.86. The number of nitrogens with zero attached hydrogens (tertiary/aromatic N) is 5. The molecule has 0 radical (unpaired) electrons. The van der Waals surface area contributed by atoms with Gasteiger partial charge in [0.15, 0.2) is 0 Å². The fourth-order valence-corrected chi connectivity index (χ4v) is 24.9. The summed E-state index contributed by atoms with van der Waals surface area (Å²) in [6.45, 7) is 7.38.